The maximum atomic E-state index is 11.7. The van der Waals surface area contributed by atoms with Gasteiger partial charge < -0.3 is 10.1 Å². The first kappa shape index (κ1) is 14.9. The second kappa shape index (κ2) is 4.85. The van der Waals surface area contributed by atoms with Crippen LogP contribution in [0.15, 0.2) is 0 Å². The Balaban J connectivity index is 5.17. The third kappa shape index (κ3) is 3.22. The summed E-state index contributed by atoms with van der Waals surface area (Å²) in [5.41, 5.74) is -0.528. The van der Waals surface area contributed by atoms with Gasteiger partial charge in [-0.25, -0.2) is 4.79 Å². The minimum Gasteiger partial charge on any atom is -0.467 e. The van der Waals surface area contributed by atoms with E-state index >= 15 is 0 Å². The van der Waals surface area contributed by atoms with Crippen LogP contribution in [0.4, 0.5) is 0 Å². The van der Waals surface area contributed by atoms with Crippen molar-refractivity contribution < 1.29 is 14.3 Å². The van der Waals surface area contributed by atoms with Crippen LogP contribution in [-0.4, -0.2) is 25.0 Å². The van der Waals surface area contributed by atoms with Gasteiger partial charge in [0.1, 0.15) is 6.04 Å². The summed E-state index contributed by atoms with van der Waals surface area (Å²) in [6.45, 7) is 11.4. The second-order valence-electron chi connectivity index (χ2n) is 5.63. The molecule has 4 heteroatoms. The van der Waals surface area contributed by atoms with Crippen LogP contribution in [0.1, 0.15) is 41.5 Å². The molecule has 1 amide bonds. The highest BCUT2D eigenvalue weighted by atomic mass is 16.5. The molecule has 0 bridgehead atoms. The van der Waals surface area contributed by atoms with Crippen LogP contribution >= 0.6 is 0 Å². The fourth-order valence-corrected chi connectivity index (χ4v) is 1.29. The van der Waals surface area contributed by atoms with Crippen molar-refractivity contribution in [1.82, 2.24) is 5.32 Å². The van der Waals surface area contributed by atoms with Crippen LogP contribution < -0.4 is 5.32 Å². The van der Waals surface area contributed by atoms with Gasteiger partial charge in [-0.05, 0) is 5.41 Å². The third-order valence-corrected chi connectivity index (χ3v) is 3.44. The van der Waals surface area contributed by atoms with E-state index in [1.54, 1.807) is 0 Å². The Kier molecular flexibility index (Phi) is 4.53. The zero-order valence-electron chi connectivity index (χ0n) is 11.3. The highest BCUT2D eigenvalue weighted by Crippen LogP contribution is 2.41. The fraction of sp³-hybridized carbons (Fsp3) is 0.833. The zero-order chi connectivity index (χ0) is 13.1. The number of ether oxygens (including phenoxy) is 1. The van der Waals surface area contributed by atoms with Crippen molar-refractivity contribution in [3.8, 4) is 0 Å². The molecule has 0 aromatic heterocycles. The van der Waals surface area contributed by atoms with E-state index in [2.05, 4.69) is 5.32 Å². The topological polar surface area (TPSA) is 55.4 Å². The number of carbonyl (C=O) groups excluding carboxylic acids is 2. The first-order chi connectivity index (χ1) is 7.04. The van der Waals surface area contributed by atoms with E-state index in [0.717, 1.165) is 0 Å². The summed E-state index contributed by atoms with van der Waals surface area (Å²) in [5.74, 6) is -0.636. The molecule has 0 heterocycles. The molecular formula is C12H23NO3. The molecular weight excluding hydrogens is 206 g/mol. The van der Waals surface area contributed by atoms with Gasteiger partial charge in [-0.2, -0.15) is 0 Å². The molecule has 1 unspecified atom stereocenters. The molecule has 94 valence electrons. The predicted octanol–water partition coefficient (Wildman–Crippen LogP) is 1.74. The summed E-state index contributed by atoms with van der Waals surface area (Å²) in [4.78, 5) is 22.8. The first-order valence-electron chi connectivity index (χ1n) is 5.39. The van der Waals surface area contributed by atoms with Crippen molar-refractivity contribution >= 4 is 11.9 Å². The van der Waals surface area contributed by atoms with Crippen molar-refractivity contribution in [3.63, 3.8) is 0 Å². The maximum Gasteiger partial charge on any atom is 0.328 e. The van der Waals surface area contributed by atoms with Crippen molar-refractivity contribution in [3.05, 3.63) is 0 Å². The lowest BCUT2D eigenvalue weighted by molar-refractivity contribution is -0.151. The summed E-state index contributed by atoms with van der Waals surface area (Å²) in [7, 11) is 1.33. The summed E-state index contributed by atoms with van der Waals surface area (Å²) in [6, 6.07) is -0.630. The molecule has 0 aliphatic carbocycles. The largest absolute Gasteiger partial charge is 0.467 e. The lowest BCUT2D eigenvalue weighted by atomic mass is 9.65. The molecule has 0 aromatic rings. The van der Waals surface area contributed by atoms with E-state index in [9.17, 15) is 9.59 Å². The molecule has 0 fully saturated rings. The Morgan fingerprint density at radius 3 is 1.81 bits per heavy atom. The van der Waals surface area contributed by atoms with Gasteiger partial charge in [0.2, 0.25) is 5.91 Å². The standard InChI is InChI=1S/C12H23NO3/c1-8(14)13-9(10(15)16-7)12(5,6)11(2,3)4/h9H,1-7H3,(H,13,14). The highest BCUT2D eigenvalue weighted by Gasteiger charge is 2.44. The maximum absolute atomic E-state index is 11.7. The Morgan fingerprint density at radius 1 is 1.12 bits per heavy atom. The Hall–Kier alpha value is -1.06. The van der Waals surface area contributed by atoms with Gasteiger partial charge in [-0.3, -0.25) is 4.79 Å². The van der Waals surface area contributed by atoms with Crippen LogP contribution in [0.3, 0.4) is 0 Å². The van der Waals surface area contributed by atoms with Crippen molar-refractivity contribution in [1.29, 1.82) is 0 Å². The minimum atomic E-state index is -0.630. The van der Waals surface area contributed by atoms with Crippen LogP contribution in [-0.2, 0) is 14.3 Å². The summed E-state index contributed by atoms with van der Waals surface area (Å²) >= 11 is 0. The van der Waals surface area contributed by atoms with Crippen LogP contribution in [0, 0.1) is 10.8 Å². The van der Waals surface area contributed by atoms with Gasteiger partial charge in [0.25, 0.3) is 0 Å². The summed E-state index contributed by atoms with van der Waals surface area (Å²) < 4.78 is 4.74. The number of carbonyl (C=O) groups is 2. The van der Waals surface area contributed by atoms with Gasteiger partial charge in [0.05, 0.1) is 7.11 Å². The molecule has 0 radical (unpaired) electrons. The van der Waals surface area contributed by atoms with Gasteiger partial charge in [0.15, 0.2) is 0 Å². The highest BCUT2D eigenvalue weighted by molar-refractivity contribution is 5.84. The normalized spacial score (nSPS) is 14.2. The van der Waals surface area contributed by atoms with Crippen molar-refractivity contribution in [2.24, 2.45) is 10.8 Å². The van der Waals surface area contributed by atoms with E-state index in [-0.39, 0.29) is 11.3 Å². The SMILES string of the molecule is COC(=O)C(NC(C)=O)C(C)(C)C(C)(C)C. The minimum absolute atomic E-state index is 0.131. The third-order valence-electron chi connectivity index (χ3n) is 3.44. The molecule has 0 saturated carbocycles. The van der Waals surface area contributed by atoms with E-state index in [1.807, 2.05) is 34.6 Å². The molecule has 0 spiro atoms. The van der Waals surface area contributed by atoms with Crippen molar-refractivity contribution in [2.75, 3.05) is 7.11 Å². The van der Waals surface area contributed by atoms with E-state index in [0.29, 0.717) is 0 Å². The molecule has 0 aliphatic heterocycles. The quantitative estimate of drug-likeness (QED) is 0.750. The Bertz CT molecular complexity index is 276. The molecule has 0 aromatic carbocycles. The number of amides is 1. The molecule has 1 atom stereocenters. The number of hydrogen-bond donors (Lipinski definition) is 1. The van der Waals surface area contributed by atoms with Gasteiger partial charge in [0, 0.05) is 12.3 Å². The zero-order valence-corrected chi connectivity index (χ0v) is 11.3. The molecule has 0 aliphatic rings. The summed E-state index contributed by atoms with van der Waals surface area (Å²) in [5, 5.41) is 2.66. The summed E-state index contributed by atoms with van der Waals surface area (Å²) in [6.07, 6.45) is 0. The Morgan fingerprint density at radius 2 is 1.56 bits per heavy atom. The van der Waals surface area contributed by atoms with E-state index in [4.69, 9.17) is 4.74 Å². The van der Waals surface area contributed by atoms with Gasteiger partial charge in [-0.1, -0.05) is 34.6 Å². The fourth-order valence-electron chi connectivity index (χ4n) is 1.29. The number of methoxy groups -OCH3 is 1. The lowest BCUT2D eigenvalue weighted by Crippen LogP contribution is -2.55. The van der Waals surface area contributed by atoms with E-state index < -0.39 is 17.4 Å². The van der Waals surface area contributed by atoms with Crippen molar-refractivity contribution in [2.45, 2.75) is 47.6 Å². The molecule has 4 nitrogen and oxygen atoms in total. The predicted molar refractivity (Wildman–Crippen MR) is 62.9 cm³/mol. The lowest BCUT2D eigenvalue weighted by Gasteiger charge is -2.43. The van der Waals surface area contributed by atoms with Gasteiger partial charge >= 0.3 is 5.97 Å². The molecule has 0 saturated heterocycles. The number of hydrogen-bond acceptors (Lipinski definition) is 3. The number of nitrogens with one attached hydrogen (secondary N) is 1. The molecule has 16 heavy (non-hydrogen) atoms. The molecule has 0 rings (SSSR count). The number of esters is 1. The monoisotopic (exact) mass is 229 g/mol. The van der Waals surface area contributed by atoms with Crippen LogP contribution in [0.25, 0.3) is 0 Å². The average Bonchev–Trinajstić information content (AvgIpc) is 2.10. The molecule has 1 N–H and O–H groups in total. The van der Waals surface area contributed by atoms with Crippen LogP contribution in [0.5, 0.6) is 0 Å². The first-order valence-corrected chi connectivity index (χ1v) is 5.39. The average molecular weight is 229 g/mol. The Labute approximate surface area is 97.7 Å². The van der Waals surface area contributed by atoms with E-state index in [1.165, 1.54) is 14.0 Å². The van der Waals surface area contributed by atoms with Crippen LogP contribution in [0.2, 0.25) is 0 Å². The number of rotatable bonds is 3. The smallest absolute Gasteiger partial charge is 0.328 e. The van der Waals surface area contributed by atoms with Gasteiger partial charge in [-0.15, -0.1) is 0 Å². The second-order valence-corrected chi connectivity index (χ2v) is 5.63.